The van der Waals surface area contributed by atoms with Gasteiger partial charge >= 0.3 is 0 Å². The first kappa shape index (κ1) is 31.6. The second kappa shape index (κ2) is 14.7. The second-order valence-electron chi connectivity index (χ2n) is 10.5. The number of aliphatic hydroxyl groups excluding tert-OH is 1. The Morgan fingerprint density at radius 2 is 2.05 bits per heavy atom. The van der Waals surface area contributed by atoms with E-state index < -0.39 is 6.10 Å². The summed E-state index contributed by atoms with van der Waals surface area (Å²) in [6.45, 7) is 5.18. The van der Waals surface area contributed by atoms with Crippen LogP contribution in [0.2, 0.25) is 5.02 Å². The quantitative estimate of drug-likeness (QED) is 0.314. The van der Waals surface area contributed by atoms with Gasteiger partial charge in [0, 0.05) is 64.0 Å². The molecule has 2 aromatic heterocycles. The Balaban J connectivity index is 0.00000405. The van der Waals surface area contributed by atoms with E-state index in [9.17, 15) is 14.7 Å². The smallest absolute Gasteiger partial charge is 0.251 e. The molecule has 0 spiro atoms. The van der Waals surface area contributed by atoms with E-state index in [1.54, 1.807) is 31.5 Å². The van der Waals surface area contributed by atoms with Crippen molar-refractivity contribution >= 4 is 42.7 Å². The number of anilines is 1. The normalized spacial score (nSPS) is 16.2. The zero-order valence-corrected chi connectivity index (χ0v) is 25.3. The van der Waals surface area contributed by atoms with Crippen LogP contribution in [0.1, 0.15) is 47.0 Å². The summed E-state index contributed by atoms with van der Waals surface area (Å²) >= 11 is 6.64. The number of nitrogens with zero attached hydrogens (tertiary/aromatic N) is 4. The molecule has 3 N–H and O–H groups in total. The van der Waals surface area contributed by atoms with Crippen LogP contribution in [0.3, 0.4) is 0 Å². The Morgan fingerprint density at radius 3 is 2.79 bits per heavy atom. The summed E-state index contributed by atoms with van der Waals surface area (Å²) in [5, 5.41) is 17.5. The van der Waals surface area contributed by atoms with Crippen LogP contribution in [0.25, 0.3) is 0 Å². The molecule has 42 heavy (non-hydrogen) atoms. The van der Waals surface area contributed by atoms with Crippen LogP contribution >= 0.6 is 25.1 Å². The fourth-order valence-corrected chi connectivity index (χ4v) is 5.58. The lowest BCUT2D eigenvalue weighted by molar-refractivity contribution is -0.129. The van der Waals surface area contributed by atoms with Crippen molar-refractivity contribution in [2.45, 2.75) is 51.5 Å². The molecule has 5 rings (SSSR count). The molecule has 0 radical (unpaired) electrons. The van der Waals surface area contributed by atoms with Crippen LogP contribution in [0.5, 0.6) is 5.75 Å². The minimum absolute atomic E-state index is 0. The van der Waals surface area contributed by atoms with Crippen molar-refractivity contribution in [3.8, 4) is 5.75 Å². The number of aliphatic hydroxyl groups is 1. The lowest BCUT2D eigenvalue weighted by Crippen LogP contribution is -2.42. The minimum Gasteiger partial charge on any atom is -0.484 e. The van der Waals surface area contributed by atoms with Gasteiger partial charge in [0.2, 0.25) is 5.91 Å². The first-order valence-electron chi connectivity index (χ1n) is 13.8. The molecule has 1 aromatic carbocycles. The number of oxazole rings is 1. The van der Waals surface area contributed by atoms with Gasteiger partial charge in [-0.05, 0) is 48.6 Å². The number of benzene rings is 1. The number of likely N-dealkylation sites (tertiary alicyclic amines) is 1. The average molecular weight is 617 g/mol. The third-order valence-electron chi connectivity index (χ3n) is 7.51. The van der Waals surface area contributed by atoms with Crippen LogP contribution in [-0.2, 0) is 24.4 Å². The molecule has 2 aliphatic rings. The van der Waals surface area contributed by atoms with Crippen LogP contribution in [0.15, 0.2) is 47.5 Å². The van der Waals surface area contributed by atoms with E-state index in [0.717, 1.165) is 36.9 Å². The van der Waals surface area contributed by atoms with E-state index in [2.05, 4.69) is 25.5 Å². The molecule has 1 atom stereocenters. The number of halogens is 1. The summed E-state index contributed by atoms with van der Waals surface area (Å²) in [4.78, 5) is 36.6. The number of pyridine rings is 1. The number of hydrogen-bond donors (Lipinski definition) is 3. The predicted octanol–water partition coefficient (Wildman–Crippen LogP) is 2.99. The highest BCUT2D eigenvalue weighted by Gasteiger charge is 2.24. The van der Waals surface area contributed by atoms with Gasteiger partial charge in [-0.1, -0.05) is 17.7 Å². The topological polar surface area (TPSA) is 133 Å². The Kier molecular flexibility index (Phi) is 11.1. The fourth-order valence-electron chi connectivity index (χ4n) is 5.25. The van der Waals surface area contributed by atoms with Crippen LogP contribution in [0.4, 0.5) is 5.82 Å². The maximum atomic E-state index is 12.8. The Labute approximate surface area is 257 Å². The molecule has 0 aliphatic carbocycles. The van der Waals surface area contributed by atoms with Crippen molar-refractivity contribution in [2.24, 2.45) is 0 Å². The zero-order valence-electron chi connectivity index (χ0n) is 23.5. The molecule has 4 heterocycles. The molecule has 0 bridgehead atoms. The van der Waals surface area contributed by atoms with E-state index >= 15 is 0 Å². The summed E-state index contributed by atoms with van der Waals surface area (Å²) in [5.41, 5.74) is 2.61. The minimum atomic E-state index is -0.730. The van der Waals surface area contributed by atoms with Crippen molar-refractivity contribution < 1.29 is 23.8 Å². The van der Waals surface area contributed by atoms with Crippen LogP contribution in [-0.4, -0.2) is 81.6 Å². The predicted molar refractivity (Wildman–Crippen MR) is 163 cm³/mol. The van der Waals surface area contributed by atoms with Crippen molar-refractivity contribution in [1.29, 1.82) is 0 Å². The van der Waals surface area contributed by atoms with Gasteiger partial charge in [0.15, 0.2) is 12.2 Å². The van der Waals surface area contributed by atoms with E-state index in [-0.39, 0.29) is 44.5 Å². The van der Waals surface area contributed by atoms with Crippen LogP contribution < -0.4 is 15.4 Å². The number of hydrogen-bond acceptors (Lipinski definition) is 9. The Hall–Kier alpha value is -3.32. The molecule has 13 heteroatoms. The molecule has 226 valence electrons. The third-order valence-corrected chi connectivity index (χ3v) is 7.93. The van der Waals surface area contributed by atoms with Gasteiger partial charge in [-0.3, -0.25) is 14.5 Å². The largest absolute Gasteiger partial charge is 0.484 e. The summed E-state index contributed by atoms with van der Waals surface area (Å²) in [6, 6.07) is 7.42. The number of fused-ring (bicyclic) bond motifs is 1. The van der Waals surface area contributed by atoms with Crippen molar-refractivity contribution in [1.82, 2.24) is 25.1 Å². The van der Waals surface area contributed by atoms with E-state index in [1.165, 1.54) is 6.39 Å². The van der Waals surface area contributed by atoms with Crippen LogP contribution in [0, 0.1) is 0 Å². The van der Waals surface area contributed by atoms with Gasteiger partial charge < -0.3 is 29.8 Å². The first-order valence-corrected chi connectivity index (χ1v) is 14.2. The molecular formula is C29H37ClN6O5S. The molecule has 1 saturated heterocycles. The zero-order chi connectivity index (χ0) is 28.8. The van der Waals surface area contributed by atoms with Gasteiger partial charge in [-0.2, -0.15) is 13.5 Å². The highest BCUT2D eigenvalue weighted by atomic mass is 35.5. The van der Waals surface area contributed by atoms with E-state index in [4.69, 9.17) is 20.8 Å². The number of nitrogens with one attached hydrogen (secondary N) is 2. The van der Waals surface area contributed by atoms with Gasteiger partial charge in [-0.15, -0.1) is 0 Å². The molecule has 0 saturated carbocycles. The number of carbonyl (C=O) groups is 2. The first-order chi connectivity index (χ1) is 19.9. The van der Waals surface area contributed by atoms with Crippen molar-refractivity contribution in [2.75, 3.05) is 38.0 Å². The third kappa shape index (κ3) is 8.15. The maximum absolute atomic E-state index is 12.8. The Bertz CT molecular complexity index is 1350. The highest BCUT2D eigenvalue weighted by molar-refractivity contribution is 7.59. The lowest BCUT2D eigenvalue weighted by Gasteiger charge is -2.32. The molecule has 11 nitrogen and oxygen atoms in total. The van der Waals surface area contributed by atoms with Gasteiger partial charge in [0.05, 0.1) is 17.3 Å². The average Bonchev–Trinajstić information content (AvgIpc) is 3.50. The second-order valence-corrected chi connectivity index (χ2v) is 10.9. The number of rotatable bonds is 10. The number of piperidine rings is 1. The maximum Gasteiger partial charge on any atom is 0.251 e. The fraction of sp³-hybridized carbons (Fsp3) is 0.448. The van der Waals surface area contributed by atoms with Gasteiger partial charge in [0.1, 0.15) is 18.2 Å². The number of amides is 2. The molecule has 0 unspecified atom stereocenters. The number of carbonyl (C=O) groups excluding carboxylic acids is 2. The number of β-amino-alcohol motifs (C(OH)–C–C–N with tert-alkyl or cyclic N) is 1. The Morgan fingerprint density at radius 1 is 1.24 bits per heavy atom. The highest BCUT2D eigenvalue weighted by Crippen LogP contribution is 2.34. The molecule has 3 aromatic rings. The van der Waals surface area contributed by atoms with Crippen molar-refractivity contribution in [3.05, 3.63) is 70.5 Å². The number of aromatic nitrogens is 2. The summed E-state index contributed by atoms with van der Waals surface area (Å²) in [5.74, 6) is 1.67. The summed E-state index contributed by atoms with van der Waals surface area (Å²) in [6.07, 6.45) is 6.22. The molecule has 2 amide bonds. The molecular weight excluding hydrogens is 580 g/mol. The SMILES string of the molecule is CC(=O)N1CCC(Nc2cc(C(=O)NC[C@H](O)CN3CCc4c(ccc(OCc5cnco5)c4Cl)C3)ccn2)CC1.S. The molecule has 1 fully saturated rings. The summed E-state index contributed by atoms with van der Waals surface area (Å²) in [7, 11) is 0. The summed E-state index contributed by atoms with van der Waals surface area (Å²) < 4.78 is 11.0. The standard InChI is InChI=1S/C29H35ClN6O5.H2S/c1-19(37)36-10-5-22(6-11-36)34-27-12-20(4-8-32-27)29(39)33-13-23(38)16-35-9-7-25-21(15-35)2-3-26(28(25)30)40-17-24-14-31-18-41-24;/h2-4,8,12,14,18,22-23,38H,5-7,9-11,13,15-17H2,1H3,(H,32,34)(H,33,39);1H2/t23-;/m0./s1. The van der Waals surface area contributed by atoms with Gasteiger partial charge in [0.25, 0.3) is 5.91 Å². The lowest BCUT2D eigenvalue weighted by atomic mass is 9.99. The van der Waals surface area contributed by atoms with Crippen molar-refractivity contribution in [3.63, 3.8) is 0 Å². The molecule has 2 aliphatic heterocycles. The number of ether oxygens (including phenoxy) is 1. The van der Waals surface area contributed by atoms with E-state index in [1.807, 2.05) is 17.0 Å². The van der Waals surface area contributed by atoms with Gasteiger partial charge in [-0.25, -0.2) is 9.97 Å². The van der Waals surface area contributed by atoms with E-state index in [0.29, 0.717) is 54.1 Å². The monoisotopic (exact) mass is 616 g/mol.